The van der Waals surface area contributed by atoms with E-state index in [-0.39, 0.29) is 11.8 Å². The second-order valence-electron chi connectivity index (χ2n) is 2.14. The van der Waals surface area contributed by atoms with Crippen LogP contribution in [0, 0.1) is 0 Å². The first-order valence-corrected chi connectivity index (χ1v) is 4.31. The quantitative estimate of drug-likeness (QED) is 0.622. The van der Waals surface area contributed by atoms with Gasteiger partial charge in [0.2, 0.25) is 11.8 Å². The fourth-order valence-corrected chi connectivity index (χ4v) is 0.731. The SMILES string of the molecule is NC(=O)C(Cl)CCNC(=O)CCl. The number of nitrogens with one attached hydrogen (secondary N) is 1. The molecule has 0 aromatic carbocycles. The molecule has 0 saturated carbocycles. The van der Waals surface area contributed by atoms with Gasteiger partial charge in [-0.1, -0.05) is 0 Å². The molecule has 0 aromatic rings. The molecular formula is C6H10Cl2N2O2. The van der Waals surface area contributed by atoms with Crippen molar-refractivity contribution in [1.29, 1.82) is 0 Å². The van der Waals surface area contributed by atoms with Gasteiger partial charge in [0.1, 0.15) is 11.3 Å². The smallest absolute Gasteiger partial charge is 0.235 e. The van der Waals surface area contributed by atoms with Crippen molar-refractivity contribution in [2.75, 3.05) is 12.4 Å². The average molecular weight is 213 g/mol. The first kappa shape index (κ1) is 11.5. The van der Waals surface area contributed by atoms with E-state index in [1.54, 1.807) is 0 Å². The van der Waals surface area contributed by atoms with E-state index in [1.165, 1.54) is 0 Å². The maximum atomic E-state index is 10.6. The molecule has 1 unspecified atom stereocenters. The Morgan fingerprint density at radius 2 is 2.08 bits per heavy atom. The average Bonchev–Trinajstić information content (AvgIpc) is 2.03. The van der Waals surface area contributed by atoms with Gasteiger partial charge in [-0.3, -0.25) is 9.59 Å². The summed E-state index contributed by atoms with van der Waals surface area (Å²) in [6, 6.07) is 0. The molecule has 0 aliphatic heterocycles. The molecule has 12 heavy (non-hydrogen) atoms. The third-order valence-electron chi connectivity index (χ3n) is 1.15. The molecule has 0 saturated heterocycles. The Morgan fingerprint density at radius 3 is 2.50 bits per heavy atom. The number of rotatable bonds is 5. The number of amides is 2. The van der Waals surface area contributed by atoms with Crippen LogP contribution in [-0.4, -0.2) is 29.6 Å². The zero-order valence-corrected chi connectivity index (χ0v) is 7.86. The molecule has 0 radical (unpaired) electrons. The van der Waals surface area contributed by atoms with Crippen molar-refractivity contribution >= 4 is 35.0 Å². The minimum absolute atomic E-state index is 0.0937. The number of carbonyl (C=O) groups is 2. The van der Waals surface area contributed by atoms with Gasteiger partial charge in [0.05, 0.1) is 0 Å². The number of nitrogens with two attached hydrogens (primary N) is 1. The molecular weight excluding hydrogens is 203 g/mol. The largest absolute Gasteiger partial charge is 0.368 e. The summed E-state index contributed by atoms with van der Waals surface area (Å²) in [4.78, 5) is 21.0. The molecule has 70 valence electrons. The second kappa shape index (κ2) is 6.08. The summed E-state index contributed by atoms with van der Waals surface area (Å²) in [5, 5.41) is 1.72. The molecule has 4 nitrogen and oxygen atoms in total. The molecule has 0 aliphatic rings. The molecule has 3 N–H and O–H groups in total. The Kier molecular flexibility index (Phi) is 5.84. The van der Waals surface area contributed by atoms with E-state index in [9.17, 15) is 9.59 Å². The molecule has 0 heterocycles. The monoisotopic (exact) mass is 212 g/mol. The highest BCUT2D eigenvalue weighted by Gasteiger charge is 2.10. The summed E-state index contributed by atoms with van der Waals surface area (Å²) in [6.45, 7) is 0.308. The van der Waals surface area contributed by atoms with Gasteiger partial charge in [0.15, 0.2) is 0 Å². The van der Waals surface area contributed by atoms with E-state index < -0.39 is 11.3 Å². The van der Waals surface area contributed by atoms with Crippen LogP contribution < -0.4 is 11.1 Å². The summed E-state index contributed by atoms with van der Waals surface area (Å²) in [7, 11) is 0. The third kappa shape index (κ3) is 5.21. The Bertz CT molecular complexity index is 175. The molecule has 0 fully saturated rings. The molecule has 1 atom stereocenters. The number of halogens is 2. The number of carbonyl (C=O) groups excluding carboxylic acids is 2. The zero-order valence-electron chi connectivity index (χ0n) is 6.35. The van der Waals surface area contributed by atoms with Crippen LogP contribution in [0.4, 0.5) is 0 Å². The van der Waals surface area contributed by atoms with Gasteiger partial charge in [0.25, 0.3) is 0 Å². The summed E-state index contributed by atoms with van der Waals surface area (Å²) in [5.74, 6) is -0.967. The van der Waals surface area contributed by atoms with Crippen LogP contribution in [0.3, 0.4) is 0 Å². The summed E-state index contributed by atoms with van der Waals surface area (Å²) in [6.07, 6.45) is 0.319. The highest BCUT2D eigenvalue weighted by Crippen LogP contribution is 1.98. The Balaban J connectivity index is 3.43. The lowest BCUT2D eigenvalue weighted by Gasteiger charge is -2.05. The lowest BCUT2D eigenvalue weighted by Crippen LogP contribution is -2.31. The van der Waals surface area contributed by atoms with Gasteiger partial charge in [-0.25, -0.2) is 0 Å². The van der Waals surface area contributed by atoms with Crippen molar-refractivity contribution in [1.82, 2.24) is 5.32 Å². The van der Waals surface area contributed by atoms with Crippen molar-refractivity contribution in [3.8, 4) is 0 Å². The minimum Gasteiger partial charge on any atom is -0.368 e. The predicted octanol–water partition coefficient (Wildman–Crippen LogP) is -0.176. The molecule has 0 rings (SSSR count). The number of primary amides is 1. The van der Waals surface area contributed by atoms with Crippen LogP contribution in [-0.2, 0) is 9.59 Å². The van der Waals surface area contributed by atoms with Crippen LogP contribution in [0.25, 0.3) is 0 Å². The Labute approximate surface area is 80.4 Å². The van der Waals surface area contributed by atoms with Gasteiger partial charge in [-0.05, 0) is 6.42 Å². The van der Waals surface area contributed by atoms with Crippen LogP contribution in [0.15, 0.2) is 0 Å². The van der Waals surface area contributed by atoms with E-state index in [2.05, 4.69) is 5.32 Å². The van der Waals surface area contributed by atoms with Gasteiger partial charge in [-0.15, -0.1) is 23.2 Å². The Morgan fingerprint density at radius 1 is 1.50 bits per heavy atom. The van der Waals surface area contributed by atoms with Crippen LogP contribution >= 0.6 is 23.2 Å². The van der Waals surface area contributed by atoms with Gasteiger partial charge < -0.3 is 11.1 Å². The highest BCUT2D eigenvalue weighted by atomic mass is 35.5. The maximum Gasteiger partial charge on any atom is 0.235 e. The molecule has 2 amide bonds. The van der Waals surface area contributed by atoms with Gasteiger partial charge in [-0.2, -0.15) is 0 Å². The first-order chi connectivity index (χ1) is 5.57. The van der Waals surface area contributed by atoms with Crippen molar-refractivity contribution in [3.63, 3.8) is 0 Å². The van der Waals surface area contributed by atoms with E-state index in [4.69, 9.17) is 28.9 Å². The fourth-order valence-electron chi connectivity index (χ4n) is 0.528. The van der Waals surface area contributed by atoms with E-state index >= 15 is 0 Å². The van der Waals surface area contributed by atoms with Crippen LogP contribution in [0.2, 0.25) is 0 Å². The lowest BCUT2D eigenvalue weighted by molar-refractivity contribution is -0.120. The summed E-state index contributed by atoms with van der Waals surface area (Å²) < 4.78 is 0. The topological polar surface area (TPSA) is 72.2 Å². The number of hydrogen-bond donors (Lipinski definition) is 2. The van der Waals surface area contributed by atoms with E-state index in [1.807, 2.05) is 0 Å². The van der Waals surface area contributed by atoms with Crippen LogP contribution in [0.1, 0.15) is 6.42 Å². The van der Waals surface area contributed by atoms with Gasteiger partial charge in [0, 0.05) is 6.54 Å². The normalized spacial score (nSPS) is 12.2. The molecule has 0 bridgehead atoms. The van der Waals surface area contributed by atoms with Crippen molar-refractivity contribution in [3.05, 3.63) is 0 Å². The number of alkyl halides is 2. The zero-order chi connectivity index (χ0) is 9.56. The lowest BCUT2D eigenvalue weighted by atomic mass is 10.3. The molecule has 0 aliphatic carbocycles. The summed E-state index contributed by atoms with van der Waals surface area (Å²) >= 11 is 10.7. The maximum absolute atomic E-state index is 10.6. The van der Waals surface area contributed by atoms with Crippen molar-refractivity contribution in [2.45, 2.75) is 11.8 Å². The first-order valence-electron chi connectivity index (χ1n) is 3.34. The summed E-state index contributed by atoms with van der Waals surface area (Å²) in [5.41, 5.74) is 4.88. The highest BCUT2D eigenvalue weighted by molar-refractivity contribution is 6.30. The van der Waals surface area contributed by atoms with E-state index in [0.29, 0.717) is 13.0 Å². The van der Waals surface area contributed by atoms with Gasteiger partial charge >= 0.3 is 0 Å². The second-order valence-corrected chi connectivity index (χ2v) is 2.94. The van der Waals surface area contributed by atoms with Crippen molar-refractivity contribution in [2.24, 2.45) is 5.73 Å². The van der Waals surface area contributed by atoms with Crippen LogP contribution in [0.5, 0.6) is 0 Å². The third-order valence-corrected chi connectivity index (χ3v) is 1.83. The molecule has 6 heteroatoms. The number of hydrogen-bond acceptors (Lipinski definition) is 2. The predicted molar refractivity (Wildman–Crippen MR) is 47.2 cm³/mol. The molecule has 0 spiro atoms. The fraction of sp³-hybridized carbons (Fsp3) is 0.667. The standard InChI is InChI=1S/C6H10Cl2N2O2/c7-3-5(11)10-2-1-4(8)6(9)12/h4H,1-3H2,(H2,9,12)(H,10,11). The van der Waals surface area contributed by atoms with Crippen molar-refractivity contribution < 1.29 is 9.59 Å². The minimum atomic E-state index is -0.736. The van der Waals surface area contributed by atoms with E-state index in [0.717, 1.165) is 0 Å². The molecule has 0 aromatic heterocycles. The Hall–Kier alpha value is -0.480.